The standard InChI is InChI=1S/C16H14N2O2S/c17-21(19,20)16-9-8-12(11-13-5-3-4-10-18-13)14-6-1-2-7-15(14)16/h1-10H,11H2,(H2,17,19,20). The van der Waals surface area contributed by atoms with Gasteiger partial charge in [0, 0.05) is 23.7 Å². The van der Waals surface area contributed by atoms with Crippen LogP contribution in [0.1, 0.15) is 11.3 Å². The van der Waals surface area contributed by atoms with Gasteiger partial charge in [-0.1, -0.05) is 36.4 Å². The van der Waals surface area contributed by atoms with E-state index in [1.54, 1.807) is 24.4 Å². The average molecular weight is 298 g/mol. The van der Waals surface area contributed by atoms with Crippen LogP contribution in [-0.4, -0.2) is 13.4 Å². The number of rotatable bonds is 3. The van der Waals surface area contributed by atoms with E-state index in [1.807, 2.05) is 36.4 Å². The maximum absolute atomic E-state index is 11.7. The molecule has 1 aromatic heterocycles. The molecule has 0 aliphatic carbocycles. The molecule has 3 rings (SSSR count). The van der Waals surface area contributed by atoms with Gasteiger partial charge in [0.25, 0.3) is 0 Å². The highest BCUT2D eigenvalue weighted by molar-refractivity contribution is 7.89. The second-order valence-corrected chi connectivity index (χ2v) is 6.34. The molecule has 106 valence electrons. The highest BCUT2D eigenvalue weighted by Crippen LogP contribution is 2.26. The minimum atomic E-state index is -3.73. The molecule has 4 nitrogen and oxygen atoms in total. The van der Waals surface area contributed by atoms with E-state index in [4.69, 9.17) is 5.14 Å². The summed E-state index contributed by atoms with van der Waals surface area (Å²) in [5, 5.41) is 6.82. The van der Waals surface area contributed by atoms with E-state index in [1.165, 1.54) is 0 Å². The van der Waals surface area contributed by atoms with Crippen LogP contribution in [0.15, 0.2) is 65.7 Å². The van der Waals surface area contributed by atoms with Gasteiger partial charge >= 0.3 is 0 Å². The van der Waals surface area contributed by atoms with Crippen LogP contribution in [0.3, 0.4) is 0 Å². The van der Waals surface area contributed by atoms with Crippen LogP contribution in [0.4, 0.5) is 0 Å². The molecule has 0 aliphatic heterocycles. The number of nitrogens with two attached hydrogens (primary N) is 1. The topological polar surface area (TPSA) is 73.1 Å². The molecule has 2 aromatic carbocycles. The average Bonchev–Trinajstić information content (AvgIpc) is 2.47. The largest absolute Gasteiger partial charge is 0.261 e. The molecule has 21 heavy (non-hydrogen) atoms. The van der Waals surface area contributed by atoms with Gasteiger partial charge in [-0.3, -0.25) is 4.98 Å². The molecule has 2 N–H and O–H groups in total. The summed E-state index contributed by atoms with van der Waals surface area (Å²) in [5.74, 6) is 0. The summed E-state index contributed by atoms with van der Waals surface area (Å²) >= 11 is 0. The Morgan fingerprint density at radius 2 is 1.62 bits per heavy atom. The molecule has 0 saturated heterocycles. The van der Waals surface area contributed by atoms with Gasteiger partial charge in [0.1, 0.15) is 0 Å². The Balaban J connectivity index is 2.18. The zero-order valence-corrected chi connectivity index (χ0v) is 12.0. The molecular weight excluding hydrogens is 284 g/mol. The Bertz CT molecular complexity index is 891. The summed E-state index contributed by atoms with van der Waals surface area (Å²) in [6.45, 7) is 0. The maximum atomic E-state index is 11.7. The lowest BCUT2D eigenvalue weighted by Gasteiger charge is -2.10. The van der Waals surface area contributed by atoms with Crippen molar-refractivity contribution in [1.82, 2.24) is 4.98 Å². The molecule has 0 fully saturated rings. The first-order chi connectivity index (χ1) is 10.1. The van der Waals surface area contributed by atoms with Crippen molar-refractivity contribution in [3.8, 4) is 0 Å². The maximum Gasteiger partial charge on any atom is 0.238 e. The van der Waals surface area contributed by atoms with Crippen molar-refractivity contribution >= 4 is 20.8 Å². The lowest BCUT2D eigenvalue weighted by Crippen LogP contribution is -2.13. The van der Waals surface area contributed by atoms with Crippen molar-refractivity contribution in [2.24, 2.45) is 5.14 Å². The Morgan fingerprint density at radius 1 is 0.905 bits per heavy atom. The third-order valence-electron chi connectivity index (χ3n) is 3.38. The van der Waals surface area contributed by atoms with E-state index in [9.17, 15) is 8.42 Å². The SMILES string of the molecule is NS(=O)(=O)c1ccc(Cc2ccccn2)c2ccccc12. The molecule has 0 aliphatic rings. The lowest BCUT2D eigenvalue weighted by atomic mass is 10.0. The number of fused-ring (bicyclic) bond motifs is 1. The fourth-order valence-electron chi connectivity index (χ4n) is 2.43. The van der Waals surface area contributed by atoms with E-state index in [2.05, 4.69) is 4.98 Å². The molecule has 0 unspecified atom stereocenters. The third-order valence-corrected chi connectivity index (χ3v) is 4.35. The molecule has 0 radical (unpaired) electrons. The number of sulfonamides is 1. The van der Waals surface area contributed by atoms with Gasteiger partial charge in [-0.25, -0.2) is 13.6 Å². The Kier molecular flexibility index (Phi) is 3.45. The molecular formula is C16H14N2O2S. The van der Waals surface area contributed by atoms with Crippen molar-refractivity contribution in [2.45, 2.75) is 11.3 Å². The fraction of sp³-hybridized carbons (Fsp3) is 0.0625. The van der Waals surface area contributed by atoms with Crippen LogP contribution in [0, 0.1) is 0 Å². The molecule has 1 heterocycles. The zero-order valence-electron chi connectivity index (χ0n) is 11.2. The first kappa shape index (κ1) is 13.7. The number of pyridine rings is 1. The quantitative estimate of drug-likeness (QED) is 0.807. The van der Waals surface area contributed by atoms with Crippen LogP contribution < -0.4 is 5.14 Å². The van der Waals surface area contributed by atoms with Crippen LogP contribution in [0.5, 0.6) is 0 Å². The van der Waals surface area contributed by atoms with E-state index < -0.39 is 10.0 Å². The van der Waals surface area contributed by atoms with Gasteiger partial charge in [0.05, 0.1) is 4.90 Å². The molecule has 0 spiro atoms. The number of aromatic nitrogens is 1. The van der Waals surface area contributed by atoms with Crippen molar-refractivity contribution in [3.63, 3.8) is 0 Å². The zero-order chi connectivity index (χ0) is 14.9. The highest BCUT2D eigenvalue weighted by atomic mass is 32.2. The molecule has 0 saturated carbocycles. The van der Waals surface area contributed by atoms with Crippen molar-refractivity contribution in [1.29, 1.82) is 0 Å². The molecule has 0 bridgehead atoms. The lowest BCUT2D eigenvalue weighted by molar-refractivity contribution is 0.598. The van der Waals surface area contributed by atoms with Crippen LogP contribution in [-0.2, 0) is 16.4 Å². The number of nitrogens with zero attached hydrogens (tertiary/aromatic N) is 1. The van der Waals surface area contributed by atoms with Gasteiger partial charge < -0.3 is 0 Å². The van der Waals surface area contributed by atoms with Gasteiger partial charge in [0.15, 0.2) is 0 Å². The van der Waals surface area contributed by atoms with Gasteiger partial charge in [-0.2, -0.15) is 0 Å². The summed E-state index contributed by atoms with van der Waals surface area (Å²) in [7, 11) is -3.73. The predicted molar refractivity (Wildman–Crippen MR) is 82.4 cm³/mol. The van der Waals surface area contributed by atoms with E-state index in [-0.39, 0.29) is 4.90 Å². The Hall–Kier alpha value is -2.24. The fourth-order valence-corrected chi connectivity index (χ4v) is 3.18. The number of primary sulfonamides is 1. The van der Waals surface area contributed by atoms with Crippen molar-refractivity contribution in [2.75, 3.05) is 0 Å². The van der Waals surface area contributed by atoms with Crippen LogP contribution >= 0.6 is 0 Å². The number of hydrogen-bond acceptors (Lipinski definition) is 3. The minimum Gasteiger partial charge on any atom is -0.261 e. The monoisotopic (exact) mass is 298 g/mol. The molecule has 0 atom stereocenters. The second-order valence-electron chi connectivity index (χ2n) is 4.81. The highest BCUT2D eigenvalue weighted by Gasteiger charge is 2.14. The normalized spacial score (nSPS) is 11.7. The van der Waals surface area contributed by atoms with Crippen molar-refractivity contribution < 1.29 is 8.42 Å². The van der Waals surface area contributed by atoms with E-state index >= 15 is 0 Å². The number of hydrogen-bond donors (Lipinski definition) is 1. The van der Waals surface area contributed by atoms with Crippen molar-refractivity contribution in [3.05, 3.63) is 72.1 Å². The van der Waals surface area contributed by atoms with Gasteiger partial charge in [-0.05, 0) is 29.1 Å². The summed E-state index contributed by atoms with van der Waals surface area (Å²) in [6.07, 6.45) is 2.39. The predicted octanol–water partition coefficient (Wildman–Crippen LogP) is 2.47. The van der Waals surface area contributed by atoms with E-state index in [0.717, 1.165) is 16.6 Å². The smallest absolute Gasteiger partial charge is 0.238 e. The van der Waals surface area contributed by atoms with E-state index in [0.29, 0.717) is 11.8 Å². The molecule has 0 amide bonds. The summed E-state index contributed by atoms with van der Waals surface area (Å²) in [5.41, 5.74) is 1.96. The van der Waals surface area contributed by atoms with Crippen LogP contribution in [0.25, 0.3) is 10.8 Å². The molecule has 5 heteroatoms. The molecule has 3 aromatic rings. The summed E-state index contributed by atoms with van der Waals surface area (Å²) in [6, 6.07) is 16.5. The Labute approximate surface area is 123 Å². The Morgan fingerprint density at radius 3 is 2.29 bits per heavy atom. The first-order valence-corrected chi connectivity index (χ1v) is 8.04. The van der Waals surface area contributed by atoms with Crippen LogP contribution in [0.2, 0.25) is 0 Å². The van der Waals surface area contributed by atoms with Gasteiger partial charge in [0.2, 0.25) is 10.0 Å². The van der Waals surface area contributed by atoms with Gasteiger partial charge in [-0.15, -0.1) is 0 Å². The first-order valence-electron chi connectivity index (χ1n) is 6.49. The summed E-state index contributed by atoms with van der Waals surface area (Å²) < 4.78 is 23.4. The summed E-state index contributed by atoms with van der Waals surface area (Å²) in [4.78, 5) is 4.46. The second kappa shape index (κ2) is 5.27. The third kappa shape index (κ3) is 2.79. The minimum absolute atomic E-state index is 0.155. The number of benzene rings is 2.